The molecule has 10 nitrogen and oxygen atoms in total. The van der Waals surface area contributed by atoms with Crippen LogP contribution in [-0.4, -0.2) is 62.2 Å². The molecule has 2 aromatic carbocycles. The van der Waals surface area contributed by atoms with Crippen LogP contribution in [0.3, 0.4) is 0 Å². The zero-order valence-electron chi connectivity index (χ0n) is 18.6. The third-order valence-corrected chi connectivity index (χ3v) is 9.03. The van der Waals surface area contributed by atoms with Gasteiger partial charge in [-0.25, -0.2) is 8.42 Å². The molecule has 0 saturated carbocycles. The number of benzene rings is 2. The van der Waals surface area contributed by atoms with Gasteiger partial charge in [-0.1, -0.05) is 35.2 Å². The number of thioether (sulfide) groups is 1. The van der Waals surface area contributed by atoms with Crippen LogP contribution in [-0.2, 0) is 20.5 Å². The lowest BCUT2D eigenvalue weighted by atomic mass is 10.2. The standard InChI is InChI=1S/C22H21N5O5S3/c1-31-19-7-6-17(35(29,30)27-8-10-32-11-9-27)12-18(19)20(28)24-21-25-26-22(34-21)33-14-16-4-2-15(13-23)3-5-16/h2-7,12H,8-11,14H2,1H3,(H,24,25,28). The van der Waals surface area contributed by atoms with Crippen molar-refractivity contribution in [3.63, 3.8) is 0 Å². The molecule has 35 heavy (non-hydrogen) atoms. The van der Waals surface area contributed by atoms with Gasteiger partial charge in [-0.3, -0.25) is 10.1 Å². The van der Waals surface area contributed by atoms with Gasteiger partial charge in [0, 0.05) is 18.8 Å². The van der Waals surface area contributed by atoms with E-state index in [2.05, 4.69) is 21.6 Å². The summed E-state index contributed by atoms with van der Waals surface area (Å²) in [4.78, 5) is 13.0. The van der Waals surface area contributed by atoms with Crippen LogP contribution in [0.5, 0.6) is 5.75 Å². The number of hydrogen-bond donors (Lipinski definition) is 1. The number of hydrogen-bond acceptors (Lipinski definition) is 10. The second-order valence-electron chi connectivity index (χ2n) is 7.30. The maximum absolute atomic E-state index is 13.0. The highest BCUT2D eigenvalue weighted by Crippen LogP contribution is 2.30. The van der Waals surface area contributed by atoms with Crippen LogP contribution >= 0.6 is 23.1 Å². The molecular weight excluding hydrogens is 510 g/mol. The lowest BCUT2D eigenvalue weighted by Gasteiger charge is -2.26. The second kappa shape index (κ2) is 11.1. The first kappa shape index (κ1) is 25.1. The summed E-state index contributed by atoms with van der Waals surface area (Å²) in [6.07, 6.45) is 0. The fraction of sp³-hybridized carbons (Fsp3) is 0.273. The molecule has 1 saturated heterocycles. The van der Waals surface area contributed by atoms with Crippen LogP contribution in [0.15, 0.2) is 51.7 Å². The van der Waals surface area contributed by atoms with E-state index in [0.29, 0.717) is 28.9 Å². The van der Waals surface area contributed by atoms with E-state index in [4.69, 9.17) is 14.7 Å². The van der Waals surface area contributed by atoms with E-state index in [9.17, 15) is 13.2 Å². The Bertz CT molecular complexity index is 1350. The average Bonchev–Trinajstić information content (AvgIpc) is 3.35. The molecule has 1 N–H and O–H groups in total. The van der Waals surface area contributed by atoms with Crippen LogP contribution in [0.1, 0.15) is 21.5 Å². The highest BCUT2D eigenvalue weighted by Gasteiger charge is 2.28. The van der Waals surface area contributed by atoms with Gasteiger partial charge in [0.1, 0.15) is 5.75 Å². The molecule has 1 fully saturated rings. The maximum atomic E-state index is 13.0. The molecule has 1 aliphatic heterocycles. The molecule has 3 aromatic rings. The van der Waals surface area contributed by atoms with Gasteiger partial charge in [-0.15, -0.1) is 10.2 Å². The monoisotopic (exact) mass is 531 g/mol. The maximum Gasteiger partial charge on any atom is 0.261 e. The molecule has 2 heterocycles. The Hall–Kier alpha value is -3.02. The first-order chi connectivity index (χ1) is 16.9. The van der Waals surface area contributed by atoms with Crippen molar-refractivity contribution < 1.29 is 22.7 Å². The Morgan fingerprint density at radius 2 is 1.97 bits per heavy atom. The molecule has 13 heteroatoms. The third kappa shape index (κ3) is 5.98. The smallest absolute Gasteiger partial charge is 0.261 e. The lowest BCUT2D eigenvalue weighted by Crippen LogP contribution is -2.40. The van der Waals surface area contributed by atoms with E-state index < -0.39 is 15.9 Å². The molecule has 4 rings (SSSR count). The molecule has 0 unspecified atom stereocenters. The summed E-state index contributed by atoms with van der Waals surface area (Å²) in [7, 11) is -2.37. The Morgan fingerprint density at radius 3 is 2.66 bits per heavy atom. The highest BCUT2D eigenvalue weighted by molar-refractivity contribution is 8.00. The van der Waals surface area contributed by atoms with Crippen LogP contribution in [0.25, 0.3) is 0 Å². The summed E-state index contributed by atoms with van der Waals surface area (Å²) in [5, 5.41) is 19.9. The molecule has 1 aliphatic rings. The van der Waals surface area contributed by atoms with Crippen molar-refractivity contribution in [2.24, 2.45) is 0 Å². The number of nitrogens with zero attached hydrogens (tertiary/aromatic N) is 4. The quantitative estimate of drug-likeness (QED) is 0.344. The molecule has 0 atom stereocenters. The van der Waals surface area contributed by atoms with Crippen molar-refractivity contribution in [1.82, 2.24) is 14.5 Å². The number of nitriles is 1. The molecule has 0 spiro atoms. The van der Waals surface area contributed by atoms with Gasteiger partial charge in [0.2, 0.25) is 15.2 Å². The summed E-state index contributed by atoms with van der Waals surface area (Å²) in [6.45, 7) is 1.16. The zero-order chi connectivity index (χ0) is 24.8. The van der Waals surface area contributed by atoms with Crippen LogP contribution in [0, 0.1) is 11.3 Å². The highest BCUT2D eigenvalue weighted by atomic mass is 32.2. The van der Waals surface area contributed by atoms with Gasteiger partial charge in [-0.05, 0) is 35.9 Å². The van der Waals surface area contributed by atoms with Gasteiger partial charge >= 0.3 is 0 Å². The zero-order valence-corrected chi connectivity index (χ0v) is 21.1. The van der Waals surface area contributed by atoms with E-state index in [1.165, 1.54) is 52.7 Å². The first-order valence-corrected chi connectivity index (χ1v) is 13.7. The Morgan fingerprint density at radius 1 is 1.23 bits per heavy atom. The van der Waals surface area contributed by atoms with E-state index in [1.54, 1.807) is 12.1 Å². The van der Waals surface area contributed by atoms with Crippen molar-refractivity contribution in [1.29, 1.82) is 5.26 Å². The van der Waals surface area contributed by atoms with Crippen molar-refractivity contribution in [3.05, 3.63) is 59.2 Å². The Kier molecular flexibility index (Phi) is 7.99. The summed E-state index contributed by atoms with van der Waals surface area (Å²) in [5.41, 5.74) is 1.69. The number of ether oxygens (including phenoxy) is 2. The molecule has 182 valence electrons. The van der Waals surface area contributed by atoms with Gasteiger partial charge in [0.25, 0.3) is 5.91 Å². The first-order valence-electron chi connectivity index (χ1n) is 10.4. The van der Waals surface area contributed by atoms with Crippen molar-refractivity contribution in [3.8, 4) is 11.8 Å². The Balaban J connectivity index is 1.46. The van der Waals surface area contributed by atoms with Gasteiger partial charge < -0.3 is 9.47 Å². The predicted molar refractivity (Wildman–Crippen MR) is 131 cm³/mol. The summed E-state index contributed by atoms with van der Waals surface area (Å²) in [5.74, 6) is 0.313. The van der Waals surface area contributed by atoms with Crippen LogP contribution in [0.2, 0.25) is 0 Å². The van der Waals surface area contributed by atoms with Gasteiger partial charge in [-0.2, -0.15) is 9.57 Å². The fourth-order valence-electron chi connectivity index (χ4n) is 3.26. The van der Waals surface area contributed by atoms with Gasteiger partial charge in [0.15, 0.2) is 4.34 Å². The van der Waals surface area contributed by atoms with E-state index in [-0.39, 0.29) is 34.4 Å². The van der Waals surface area contributed by atoms with E-state index in [0.717, 1.165) is 5.56 Å². The predicted octanol–water partition coefficient (Wildman–Crippen LogP) is 2.98. The van der Waals surface area contributed by atoms with Crippen molar-refractivity contribution >= 4 is 44.2 Å². The summed E-state index contributed by atoms with van der Waals surface area (Å²) in [6, 6.07) is 13.5. The molecular formula is C22H21N5O5S3. The number of carbonyl (C=O) groups is 1. The van der Waals surface area contributed by atoms with Crippen LogP contribution < -0.4 is 10.1 Å². The van der Waals surface area contributed by atoms with Crippen LogP contribution in [0.4, 0.5) is 5.13 Å². The van der Waals surface area contributed by atoms with Crippen molar-refractivity contribution in [2.75, 3.05) is 38.7 Å². The minimum absolute atomic E-state index is 0.00118. The van der Waals surface area contributed by atoms with Crippen molar-refractivity contribution in [2.45, 2.75) is 15.0 Å². The number of aromatic nitrogens is 2. The minimum Gasteiger partial charge on any atom is -0.496 e. The normalized spacial score (nSPS) is 14.3. The summed E-state index contributed by atoms with van der Waals surface area (Å²) < 4.78 is 38.5. The average molecular weight is 532 g/mol. The Labute approximate surface area is 210 Å². The number of rotatable bonds is 8. The third-order valence-electron chi connectivity index (χ3n) is 5.10. The topological polar surface area (TPSA) is 135 Å². The molecule has 0 radical (unpaired) electrons. The number of amides is 1. The number of anilines is 1. The largest absolute Gasteiger partial charge is 0.496 e. The molecule has 1 aromatic heterocycles. The summed E-state index contributed by atoms with van der Waals surface area (Å²) >= 11 is 2.65. The molecule has 0 bridgehead atoms. The van der Waals surface area contributed by atoms with E-state index >= 15 is 0 Å². The van der Waals surface area contributed by atoms with Gasteiger partial charge in [0.05, 0.1) is 42.4 Å². The molecule has 0 aliphatic carbocycles. The number of nitrogens with one attached hydrogen (secondary N) is 1. The fourth-order valence-corrected chi connectivity index (χ4v) is 6.40. The SMILES string of the molecule is COc1ccc(S(=O)(=O)N2CCOCC2)cc1C(=O)Nc1nnc(SCc2ccc(C#N)cc2)s1. The number of methoxy groups -OCH3 is 1. The molecule has 1 amide bonds. The number of morpholine rings is 1. The number of carbonyl (C=O) groups excluding carboxylic acids is 1. The number of sulfonamides is 1. The second-order valence-corrected chi connectivity index (χ2v) is 11.4. The van der Waals surface area contributed by atoms with E-state index in [1.807, 2.05) is 12.1 Å². The minimum atomic E-state index is -3.78. The lowest BCUT2D eigenvalue weighted by molar-refractivity contribution is 0.0730.